The van der Waals surface area contributed by atoms with Gasteiger partial charge in [-0.25, -0.2) is 4.21 Å². The van der Waals surface area contributed by atoms with Crippen molar-refractivity contribution in [3.8, 4) is 0 Å². The molecule has 0 fully saturated rings. The number of aliphatic hydroxyl groups is 1. The van der Waals surface area contributed by atoms with Gasteiger partial charge < -0.3 is 5.11 Å². The lowest BCUT2D eigenvalue weighted by atomic mass is 9.94. The number of hydrogen-bond acceptors (Lipinski definition) is 2. The van der Waals surface area contributed by atoms with Gasteiger partial charge in [0.2, 0.25) is 0 Å². The van der Waals surface area contributed by atoms with Gasteiger partial charge >= 0.3 is 6.18 Å². The van der Waals surface area contributed by atoms with Crippen LogP contribution < -0.4 is 0 Å². The molecule has 0 spiro atoms. The van der Waals surface area contributed by atoms with Crippen molar-refractivity contribution in [2.45, 2.75) is 50.6 Å². The Balaban J connectivity index is 3.26. The highest BCUT2D eigenvalue weighted by atomic mass is 32.2. The van der Waals surface area contributed by atoms with E-state index in [1.165, 1.54) is 0 Å². The smallest absolute Gasteiger partial charge is 0.380 e. The van der Waals surface area contributed by atoms with Gasteiger partial charge in [0.15, 0.2) is 5.60 Å². The highest BCUT2D eigenvalue weighted by Crippen LogP contribution is 2.34. The molecule has 0 radical (unpaired) electrons. The molecule has 124 valence electrons. The highest BCUT2D eigenvalue weighted by Gasteiger charge is 2.50. The number of benzene rings is 1. The van der Waals surface area contributed by atoms with Gasteiger partial charge in [-0.15, -0.1) is 0 Å². The fourth-order valence-electron chi connectivity index (χ4n) is 1.48. The topological polar surface area (TPSA) is 49.7 Å². The fourth-order valence-corrected chi connectivity index (χ4v) is 2.12. The molecule has 0 amide bonds. The van der Waals surface area contributed by atoms with Crippen molar-refractivity contribution in [3.63, 3.8) is 0 Å². The Labute approximate surface area is 130 Å². The molecule has 0 unspecified atom stereocenters. The van der Waals surface area contributed by atoms with E-state index in [1.54, 1.807) is 51.1 Å². The van der Waals surface area contributed by atoms with Gasteiger partial charge in [0.25, 0.3) is 0 Å². The first-order valence-corrected chi connectivity index (χ1v) is 7.79. The lowest BCUT2D eigenvalue weighted by Crippen LogP contribution is -2.44. The summed E-state index contributed by atoms with van der Waals surface area (Å²) in [5.74, 6) is 0. The van der Waals surface area contributed by atoms with Crippen LogP contribution in [0.5, 0.6) is 0 Å². The first kappa shape index (κ1) is 18.8. The van der Waals surface area contributed by atoms with E-state index in [2.05, 4.69) is 4.40 Å². The van der Waals surface area contributed by atoms with Crippen LogP contribution >= 0.6 is 0 Å². The molecule has 1 aromatic carbocycles. The monoisotopic (exact) mass is 335 g/mol. The molecule has 22 heavy (non-hydrogen) atoms. The Hall–Kier alpha value is -1.21. The minimum absolute atomic E-state index is 0.0313. The molecule has 0 saturated heterocycles. The lowest BCUT2D eigenvalue weighted by Gasteiger charge is -2.27. The lowest BCUT2D eigenvalue weighted by molar-refractivity contribution is -0.249. The SMILES string of the molecule is CC(C)(C)[S@@](=O)/N=C(\C[C@](C)(O)C(F)(F)F)c1ccccc1. The number of halogens is 3. The molecule has 0 heterocycles. The third-order valence-electron chi connectivity index (χ3n) is 2.95. The van der Waals surface area contributed by atoms with Crippen LogP contribution in [0.2, 0.25) is 0 Å². The van der Waals surface area contributed by atoms with Crippen molar-refractivity contribution in [1.29, 1.82) is 0 Å². The highest BCUT2D eigenvalue weighted by molar-refractivity contribution is 7.85. The summed E-state index contributed by atoms with van der Waals surface area (Å²) in [6, 6.07) is 8.15. The second-order valence-electron chi connectivity index (χ2n) is 6.21. The summed E-state index contributed by atoms with van der Waals surface area (Å²) >= 11 is 0. The zero-order chi connectivity index (χ0) is 17.2. The third-order valence-corrected chi connectivity index (χ3v) is 4.38. The molecule has 1 aromatic rings. The van der Waals surface area contributed by atoms with E-state index in [4.69, 9.17) is 0 Å². The fraction of sp³-hybridized carbons (Fsp3) is 0.533. The quantitative estimate of drug-likeness (QED) is 0.854. The first-order valence-electron chi connectivity index (χ1n) is 6.69. The van der Waals surface area contributed by atoms with Gasteiger partial charge in [0.05, 0.1) is 10.5 Å². The van der Waals surface area contributed by atoms with Crippen molar-refractivity contribution in [2.24, 2.45) is 4.40 Å². The molecule has 0 saturated carbocycles. The summed E-state index contributed by atoms with van der Waals surface area (Å²) in [7, 11) is -1.72. The Morgan fingerprint density at radius 1 is 1.14 bits per heavy atom. The van der Waals surface area contributed by atoms with Crippen LogP contribution in [-0.2, 0) is 11.0 Å². The Kier molecular flexibility index (Phi) is 5.56. The number of rotatable bonds is 4. The summed E-state index contributed by atoms with van der Waals surface area (Å²) in [4.78, 5) is 0. The summed E-state index contributed by atoms with van der Waals surface area (Å²) in [5, 5.41) is 9.69. The summed E-state index contributed by atoms with van der Waals surface area (Å²) in [5.41, 5.74) is -2.56. The molecule has 3 nitrogen and oxygen atoms in total. The average molecular weight is 335 g/mol. The van der Waals surface area contributed by atoms with Crippen molar-refractivity contribution < 1.29 is 22.5 Å². The van der Waals surface area contributed by atoms with Gasteiger partial charge in [-0.1, -0.05) is 30.3 Å². The molecule has 2 atom stereocenters. The molecule has 0 aliphatic rings. The molecule has 0 aromatic heterocycles. The Morgan fingerprint density at radius 3 is 2.05 bits per heavy atom. The normalized spacial score (nSPS) is 17.9. The van der Waals surface area contributed by atoms with E-state index in [0.29, 0.717) is 12.5 Å². The first-order chi connectivity index (χ1) is 9.84. The van der Waals surface area contributed by atoms with Crippen molar-refractivity contribution in [1.82, 2.24) is 0 Å². The second kappa shape index (κ2) is 6.50. The molecule has 0 aliphatic carbocycles. The zero-order valence-corrected chi connectivity index (χ0v) is 13.8. The summed E-state index contributed by atoms with van der Waals surface area (Å²) in [6.07, 6.45) is -5.56. The van der Waals surface area contributed by atoms with E-state index < -0.39 is 33.9 Å². The molecular formula is C15H20F3NO2S. The van der Waals surface area contributed by atoms with E-state index >= 15 is 0 Å². The second-order valence-corrected chi connectivity index (χ2v) is 8.12. The minimum atomic E-state index is -4.80. The predicted octanol–water partition coefficient (Wildman–Crippen LogP) is 3.64. The van der Waals surface area contributed by atoms with Crippen molar-refractivity contribution >= 4 is 16.7 Å². The number of hydrogen-bond donors (Lipinski definition) is 1. The van der Waals surface area contributed by atoms with E-state index in [-0.39, 0.29) is 5.71 Å². The molecule has 1 N–H and O–H groups in total. The Morgan fingerprint density at radius 2 is 1.64 bits per heavy atom. The van der Waals surface area contributed by atoms with Crippen LogP contribution in [0.3, 0.4) is 0 Å². The van der Waals surface area contributed by atoms with E-state index in [0.717, 1.165) is 0 Å². The third kappa shape index (κ3) is 4.91. The molecule has 7 heteroatoms. The van der Waals surface area contributed by atoms with E-state index in [9.17, 15) is 22.5 Å². The zero-order valence-electron chi connectivity index (χ0n) is 12.9. The predicted molar refractivity (Wildman–Crippen MR) is 82.2 cm³/mol. The van der Waals surface area contributed by atoms with Gasteiger partial charge in [-0.05, 0) is 33.3 Å². The summed E-state index contributed by atoms with van der Waals surface area (Å²) < 4.78 is 54.1. The number of nitrogens with zero attached hydrogens (tertiary/aromatic N) is 1. The van der Waals surface area contributed by atoms with Gasteiger partial charge in [-0.2, -0.15) is 17.6 Å². The standard InChI is InChI=1S/C15H20F3NO2S/c1-13(2,3)22(21)19-12(11-8-6-5-7-9-11)10-14(4,20)15(16,17)18/h5-9,20H,10H2,1-4H3/b19-12+/t14-,22+/m0/s1. The van der Waals surface area contributed by atoms with Crippen molar-refractivity contribution in [3.05, 3.63) is 35.9 Å². The van der Waals surface area contributed by atoms with Crippen LogP contribution in [-0.4, -0.2) is 31.6 Å². The van der Waals surface area contributed by atoms with Crippen LogP contribution in [0.25, 0.3) is 0 Å². The maximum absolute atomic E-state index is 12.9. The van der Waals surface area contributed by atoms with Crippen LogP contribution in [0.4, 0.5) is 13.2 Å². The molecular weight excluding hydrogens is 315 g/mol. The van der Waals surface area contributed by atoms with Crippen LogP contribution in [0.1, 0.15) is 39.7 Å². The average Bonchev–Trinajstić information content (AvgIpc) is 2.36. The molecule has 1 rings (SSSR count). The largest absolute Gasteiger partial charge is 0.417 e. The maximum atomic E-state index is 12.9. The Bertz CT molecular complexity index is 560. The van der Waals surface area contributed by atoms with Gasteiger partial charge in [-0.3, -0.25) is 0 Å². The molecule has 0 aliphatic heterocycles. The maximum Gasteiger partial charge on any atom is 0.417 e. The minimum Gasteiger partial charge on any atom is -0.380 e. The van der Waals surface area contributed by atoms with Crippen LogP contribution in [0.15, 0.2) is 34.7 Å². The summed E-state index contributed by atoms with van der Waals surface area (Å²) in [6.45, 7) is 5.72. The van der Waals surface area contributed by atoms with E-state index in [1.807, 2.05) is 0 Å². The number of alkyl halides is 3. The van der Waals surface area contributed by atoms with Crippen LogP contribution in [0, 0.1) is 0 Å². The van der Waals surface area contributed by atoms with Gasteiger partial charge in [0, 0.05) is 6.42 Å². The van der Waals surface area contributed by atoms with Crippen molar-refractivity contribution in [2.75, 3.05) is 0 Å². The van der Waals surface area contributed by atoms with Gasteiger partial charge in [0.1, 0.15) is 11.0 Å². The molecule has 0 bridgehead atoms.